The number of methoxy groups -OCH3 is 1. The zero-order valence-corrected chi connectivity index (χ0v) is 7.83. The van der Waals surface area contributed by atoms with E-state index < -0.39 is 18.2 Å². The van der Waals surface area contributed by atoms with Crippen molar-refractivity contribution in [3.8, 4) is 0 Å². The maximum absolute atomic E-state index is 12.9. The van der Waals surface area contributed by atoms with Crippen LogP contribution in [0.15, 0.2) is 6.33 Å². The minimum absolute atomic E-state index is 0.00113. The molecule has 0 aliphatic heterocycles. The van der Waals surface area contributed by atoms with Gasteiger partial charge in [-0.05, 0) is 0 Å². The Balaban J connectivity index is 2.89. The number of alkyl halides is 4. The number of ether oxygens (including phenoxy) is 1. The van der Waals surface area contributed by atoms with Gasteiger partial charge < -0.3 is 9.30 Å². The van der Waals surface area contributed by atoms with Gasteiger partial charge in [-0.3, -0.25) is 0 Å². The van der Waals surface area contributed by atoms with Gasteiger partial charge in [0.2, 0.25) is 5.82 Å². The van der Waals surface area contributed by atoms with Gasteiger partial charge in [0.05, 0.1) is 6.61 Å². The molecule has 1 aromatic rings. The van der Waals surface area contributed by atoms with E-state index in [0.717, 1.165) is 10.9 Å². The maximum atomic E-state index is 12.9. The third-order valence-corrected chi connectivity index (χ3v) is 1.72. The molecule has 8 heteroatoms. The lowest BCUT2D eigenvalue weighted by Gasteiger charge is -2.15. The van der Waals surface area contributed by atoms with Crippen molar-refractivity contribution in [3.63, 3.8) is 0 Å². The third kappa shape index (κ3) is 2.44. The highest BCUT2D eigenvalue weighted by atomic mass is 19.3. The smallest absolute Gasteiger partial charge is 0.365 e. The Labute approximate surface area is 82.9 Å². The minimum atomic E-state index is -4.29. The molecule has 0 aliphatic rings. The Bertz CT molecular complexity index is 315. The molecule has 0 amide bonds. The fraction of sp³-hybridized carbons (Fsp3) is 0.714. The highest BCUT2D eigenvalue weighted by Crippen LogP contribution is 2.32. The Morgan fingerprint density at radius 1 is 1.53 bits per heavy atom. The van der Waals surface area contributed by atoms with Gasteiger partial charge in [-0.2, -0.15) is 8.78 Å². The standard InChI is InChI=1S/C7H9F4N3O/c1-15-3-2-14-4-12-13-6(14)7(10,11)5(8)9/h4-5H,2-3H2,1H3. The summed E-state index contributed by atoms with van der Waals surface area (Å²) in [5.41, 5.74) is 0. The van der Waals surface area contributed by atoms with E-state index in [2.05, 4.69) is 14.9 Å². The summed E-state index contributed by atoms with van der Waals surface area (Å²) in [6.45, 7) is 0.117. The van der Waals surface area contributed by atoms with Crippen LogP contribution in [-0.2, 0) is 17.2 Å². The summed E-state index contributed by atoms with van der Waals surface area (Å²) in [5, 5.41) is 6.16. The first-order valence-corrected chi connectivity index (χ1v) is 4.03. The van der Waals surface area contributed by atoms with Gasteiger partial charge >= 0.3 is 12.3 Å². The zero-order valence-electron chi connectivity index (χ0n) is 7.83. The molecular formula is C7H9F4N3O. The number of hydrogen-bond donors (Lipinski definition) is 0. The Hall–Kier alpha value is -1.18. The van der Waals surface area contributed by atoms with Crippen LogP contribution < -0.4 is 0 Å². The molecule has 0 fully saturated rings. The second-order valence-electron chi connectivity index (χ2n) is 2.76. The minimum Gasteiger partial charge on any atom is -0.383 e. The van der Waals surface area contributed by atoms with Gasteiger partial charge in [0.15, 0.2) is 0 Å². The second kappa shape index (κ2) is 4.56. The highest BCUT2D eigenvalue weighted by molar-refractivity contribution is 4.98. The van der Waals surface area contributed by atoms with E-state index in [-0.39, 0.29) is 13.2 Å². The molecule has 0 spiro atoms. The quantitative estimate of drug-likeness (QED) is 0.711. The van der Waals surface area contributed by atoms with E-state index in [0.29, 0.717) is 0 Å². The Kier molecular flexibility index (Phi) is 3.61. The number of rotatable bonds is 5. The molecule has 4 nitrogen and oxygen atoms in total. The average molecular weight is 227 g/mol. The fourth-order valence-corrected chi connectivity index (χ4v) is 0.964. The number of hydrogen-bond acceptors (Lipinski definition) is 3. The van der Waals surface area contributed by atoms with Crippen molar-refractivity contribution in [2.75, 3.05) is 13.7 Å². The number of halogens is 4. The monoisotopic (exact) mass is 227 g/mol. The van der Waals surface area contributed by atoms with Gasteiger partial charge in [0.1, 0.15) is 6.33 Å². The van der Waals surface area contributed by atoms with Gasteiger partial charge in [0.25, 0.3) is 0 Å². The summed E-state index contributed by atoms with van der Waals surface area (Å²) >= 11 is 0. The number of aromatic nitrogens is 3. The first-order chi connectivity index (χ1) is 7.00. The van der Waals surface area contributed by atoms with Crippen LogP contribution in [0.3, 0.4) is 0 Å². The SMILES string of the molecule is COCCn1cnnc1C(F)(F)C(F)F. The molecule has 0 unspecified atom stereocenters. The topological polar surface area (TPSA) is 39.9 Å². The molecule has 0 saturated carbocycles. The Morgan fingerprint density at radius 2 is 2.20 bits per heavy atom. The molecule has 0 bridgehead atoms. The lowest BCUT2D eigenvalue weighted by Crippen LogP contribution is -2.28. The van der Waals surface area contributed by atoms with Crippen molar-refractivity contribution < 1.29 is 22.3 Å². The van der Waals surface area contributed by atoms with Crippen molar-refractivity contribution >= 4 is 0 Å². The summed E-state index contributed by atoms with van der Waals surface area (Å²) in [5.74, 6) is -5.33. The van der Waals surface area contributed by atoms with E-state index in [1.54, 1.807) is 0 Å². The largest absolute Gasteiger partial charge is 0.383 e. The molecule has 86 valence electrons. The van der Waals surface area contributed by atoms with Gasteiger partial charge in [0, 0.05) is 13.7 Å². The van der Waals surface area contributed by atoms with Crippen LogP contribution in [0.5, 0.6) is 0 Å². The van der Waals surface area contributed by atoms with E-state index in [1.807, 2.05) is 0 Å². The predicted molar refractivity (Wildman–Crippen MR) is 41.8 cm³/mol. The van der Waals surface area contributed by atoms with E-state index in [1.165, 1.54) is 7.11 Å². The lowest BCUT2D eigenvalue weighted by molar-refractivity contribution is -0.143. The molecule has 0 atom stereocenters. The molecule has 0 saturated heterocycles. The van der Waals surface area contributed by atoms with Crippen molar-refractivity contribution in [2.24, 2.45) is 0 Å². The van der Waals surface area contributed by atoms with Crippen LogP contribution in [0.4, 0.5) is 17.6 Å². The first-order valence-electron chi connectivity index (χ1n) is 4.03. The van der Waals surface area contributed by atoms with Crippen molar-refractivity contribution in [2.45, 2.75) is 18.9 Å². The molecular weight excluding hydrogens is 218 g/mol. The molecule has 15 heavy (non-hydrogen) atoms. The lowest BCUT2D eigenvalue weighted by atomic mass is 10.3. The molecule has 1 aromatic heterocycles. The van der Waals surface area contributed by atoms with Crippen LogP contribution in [0.25, 0.3) is 0 Å². The van der Waals surface area contributed by atoms with Gasteiger partial charge in [-0.25, -0.2) is 8.78 Å². The molecule has 0 N–H and O–H groups in total. The molecule has 1 heterocycles. The van der Waals surface area contributed by atoms with E-state index >= 15 is 0 Å². The Morgan fingerprint density at radius 3 is 2.73 bits per heavy atom. The summed E-state index contributed by atoms with van der Waals surface area (Å²) in [4.78, 5) is 0. The molecule has 0 aromatic carbocycles. The maximum Gasteiger partial charge on any atom is 0.365 e. The molecule has 0 aliphatic carbocycles. The van der Waals surface area contributed by atoms with Crippen molar-refractivity contribution in [3.05, 3.63) is 12.2 Å². The molecule has 0 radical (unpaired) electrons. The normalized spacial score (nSPS) is 12.4. The highest BCUT2D eigenvalue weighted by Gasteiger charge is 2.47. The predicted octanol–water partition coefficient (Wildman–Crippen LogP) is 1.28. The van der Waals surface area contributed by atoms with E-state index in [9.17, 15) is 17.6 Å². The van der Waals surface area contributed by atoms with E-state index in [4.69, 9.17) is 0 Å². The zero-order chi connectivity index (χ0) is 11.5. The van der Waals surface area contributed by atoms with Gasteiger partial charge in [-0.15, -0.1) is 10.2 Å². The summed E-state index contributed by atoms with van der Waals surface area (Å²) < 4.78 is 55.3. The van der Waals surface area contributed by atoms with Crippen LogP contribution in [0.1, 0.15) is 5.82 Å². The third-order valence-electron chi connectivity index (χ3n) is 1.72. The van der Waals surface area contributed by atoms with Gasteiger partial charge in [-0.1, -0.05) is 0 Å². The van der Waals surface area contributed by atoms with Crippen molar-refractivity contribution in [1.29, 1.82) is 0 Å². The second-order valence-corrected chi connectivity index (χ2v) is 2.76. The van der Waals surface area contributed by atoms with Crippen LogP contribution in [0.2, 0.25) is 0 Å². The summed E-state index contributed by atoms with van der Waals surface area (Å²) in [7, 11) is 1.37. The van der Waals surface area contributed by atoms with Crippen LogP contribution in [0, 0.1) is 0 Å². The van der Waals surface area contributed by atoms with Crippen LogP contribution in [-0.4, -0.2) is 34.9 Å². The fourth-order valence-electron chi connectivity index (χ4n) is 0.964. The average Bonchev–Trinajstić information content (AvgIpc) is 2.62. The van der Waals surface area contributed by atoms with Crippen molar-refractivity contribution in [1.82, 2.24) is 14.8 Å². The first kappa shape index (κ1) is 11.9. The molecule has 1 rings (SSSR count). The summed E-state index contributed by atoms with van der Waals surface area (Å²) in [6, 6.07) is 0. The summed E-state index contributed by atoms with van der Waals surface area (Å²) in [6.07, 6.45) is -2.84. The number of nitrogens with zero attached hydrogens (tertiary/aromatic N) is 3. The van der Waals surface area contributed by atoms with Crippen LogP contribution >= 0.6 is 0 Å².